The Balaban J connectivity index is 3.68. The molecule has 4 nitrogen and oxygen atoms in total. The third-order valence-electron chi connectivity index (χ3n) is 1.25. The van der Waals surface area contributed by atoms with Gasteiger partial charge in [-0.15, -0.1) is 0 Å². The van der Waals surface area contributed by atoms with Crippen LogP contribution in [-0.2, 0) is 0 Å². The Bertz CT molecular complexity index is 106. The van der Waals surface area contributed by atoms with Gasteiger partial charge in [-0.1, -0.05) is 0 Å². The van der Waals surface area contributed by atoms with Gasteiger partial charge >= 0.3 is 6.03 Å². The normalized spacial score (nSPS) is 9.10. The Morgan fingerprint density at radius 3 is 2.60 bits per heavy atom. The van der Waals surface area contributed by atoms with E-state index in [2.05, 4.69) is 5.32 Å². The first-order valence-electron chi connectivity index (χ1n) is 3.33. The van der Waals surface area contributed by atoms with E-state index < -0.39 is 0 Å². The predicted molar refractivity (Wildman–Crippen MR) is 38.8 cm³/mol. The summed E-state index contributed by atoms with van der Waals surface area (Å²) in [5, 5.41) is 11.0. The second-order valence-electron chi connectivity index (χ2n) is 1.86. The maximum absolute atomic E-state index is 10.8. The number of hydrogen-bond acceptors (Lipinski definition) is 2. The van der Waals surface area contributed by atoms with E-state index in [0.29, 0.717) is 13.1 Å². The van der Waals surface area contributed by atoms with E-state index in [-0.39, 0.29) is 12.6 Å². The smallest absolute Gasteiger partial charge is 0.317 e. The molecule has 0 aromatic carbocycles. The average molecular weight is 146 g/mol. The number of amides is 2. The zero-order valence-electron chi connectivity index (χ0n) is 6.42. The number of nitrogens with zero attached hydrogens (tertiary/aromatic N) is 1. The quantitative estimate of drug-likeness (QED) is 0.571. The first-order chi connectivity index (χ1) is 4.76. The summed E-state index contributed by atoms with van der Waals surface area (Å²) in [5.41, 5.74) is 0. The number of aliphatic hydroxyl groups excluding tert-OH is 1. The molecule has 0 rings (SSSR count). The van der Waals surface area contributed by atoms with Crippen LogP contribution in [0.5, 0.6) is 0 Å². The van der Waals surface area contributed by atoms with Crippen molar-refractivity contribution < 1.29 is 9.90 Å². The molecule has 0 radical (unpaired) electrons. The number of carbonyl (C=O) groups excluding carboxylic acids is 1. The second-order valence-corrected chi connectivity index (χ2v) is 1.86. The lowest BCUT2D eigenvalue weighted by atomic mass is 10.5. The molecule has 0 heterocycles. The molecule has 2 N–H and O–H groups in total. The average Bonchev–Trinajstić information content (AvgIpc) is 1.99. The summed E-state index contributed by atoms with van der Waals surface area (Å²) < 4.78 is 0. The molecule has 10 heavy (non-hydrogen) atoms. The molecule has 0 saturated heterocycles. The first kappa shape index (κ1) is 9.23. The van der Waals surface area contributed by atoms with Crippen LogP contribution in [-0.4, -0.2) is 42.8 Å². The molecule has 0 spiro atoms. The van der Waals surface area contributed by atoms with E-state index in [9.17, 15) is 4.79 Å². The monoisotopic (exact) mass is 146 g/mol. The van der Waals surface area contributed by atoms with Crippen molar-refractivity contribution in [1.82, 2.24) is 10.2 Å². The number of carbonyl (C=O) groups is 1. The summed E-state index contributed by atoms with van der Waals surface area (Å²) in [6, 6.07) is -0.142. The lowest BCUT2D eigenvalue weighted by molar-refractivity contribution is 0.182. The van der Waals surface area contributed by atoms with Crippen molar-refractivity contribution in [2.24, 2.45) is 0 Å². The Labute approximate surface area is 60.8 Å². The molecule has 0 aromatic heterocycles. The summed E-state index contributed by atoms with van der Waals surface area (Å²) in [6.07, 6.45) is 0. The van der Waals surface area contributed by atoms with Gasteiger partial charge in [0.15, 0.2) is 0 Å². The Morgan fingerprint density at radius 2 is 2.30 bits per heavy atom. The van der Waals surface area contributed by atoms with Gasteiger partial charge in [-0.2, -0.15) is 0 Å². The minimum Gasteiger partial charge on any atom is -0.395 e. The number of likely N-dealkylation sites (N-methyl/N-ethyl adjacent to an activating group) is 1. The fourth-order valence-corrected chi connectivity index (χ4v) is 0.682. The maximum Gasteiger partial charge on any atom is 0.317 e. The Kier molecular flexibility index (Phi) is 4.66. The van der Waals surface area contributed by atoms with Crippen molar-refractivity contribution in [2.75, 3.05) is 26.7 Å². The molecule has 0 fully saturated rings. The largest absolute Gasteiger partial charge is 0.395 e. The molecule has 0 bridgehead atoms. The second kappa shape index (κ2) is 5.05. The summed E-state index contributed by atoms with van der Waals surface area (Å²) in [6.45, 7) is 2.91. The highest BCUT2D eigenvalue weighted by molar-refractivity contribution is 5.73. The molecular weight excluding hydrogens is 132 g/mol. The minimum atomic E-state index is -0.142. The van der Waals surface area contributed by atoms with E-state index in [4.69, 9.17) is 5.11 Å². The van der Waals surface area contributed by atoms with Crippen molar-refractivity contribution in [3.8, 4) is 0 Å². The van der Waals surface area contributed by atoms with Crippen molar-refractivity contribution in [3.63, 3.8) is 0 Å². The number of nitrogens with one attached hydrogen (secondary N) is 1. The van der Waals surface area contributed by atoms with E-state index in [0.717, 1.165) is 0 Å². The zero-order chi connectivity index (χ0) is 7.98. The van der Waals surface area contributed by atoms with Crippen LogP contribution in [0.1, 0.15) is 6.92 Å². The van der Waals surface area contributed by atoms with Crippen LogP contribution in [0, 0.1) is 0 Å². The van der Waals surface area contributed by atoms with Crippen LogP contribution < -0.4 is 5.32 Å². The van der Waals surface area contributed by atoms with Gasteiger partial charge in [-0.05, 0) is 6.92 Å². The number of urea groups is 1. The molecule has 0 aliphatic carbocycles. The van der Waals surface area contributed by atoms with Crippen molar-refractivity contribution >= 4 is 6.03 Å². The van der Waals surface area contributed by atoms with Gasteiger partial charge in [0.05, 0.1) is 6.61 Å². The van der Waals surface area contributed by atoms with Gasteiger partial charge in [-0.25, -0.2) is 4.79 Å². The van der Waals surface area contributed by atoms with Crippen LogP contribution in [0.15, 0.2) is 0 Å². The Morgan fingerprint density at radius 1 is 1.70 bits per heavy atom. The van der Waals surface area contributed by atoms with Gasteiger partial charge in [0.2, 0.25) is 0 Å². The van der Waals surface area contributed by atoms with Gasteiger partial charge < -0.3 is 15.3 Å². The topological polar surface area (TPSA) is 52.6 Å². The van der Waals surface area contributed by atoms with Gasteiger partial charge in [-0.3, -0.25) is 0 Å². The molecule has 0 unspecified atom stereocenters. The standard InChI is InChI=1S/C6H14N2O2/c1-3-8(4-5-9)6(10)7-2/h9H,3-5H2,1-2H3,(H,7,10). The van der Waals surface area contributed by atoms with Gasteiger partial charge in [0.1, 0.15) is 0 Å². The highest BCUT2D eigenvalue weighted by Crippen LogP contribution is 1.85. The third-order valence-corrected chi connectivity index (χ3v) is 1.25. The number of rotatable bonds is 3. The highest BCUT2D eigenvalue weighted by atomic mass is 16.3. The van der Waals surface area contributed by atoms with Crippen molar-refractivity contribution in [2.45, 2.75) is 6.92 Å². The number of aliphatic hydroxyl groups is 1. The summed E-state index contributed by atoms with van der Waals surface area (Å²) in [4.78, 5) is 12.4. The highest BCUT2D eigenvalue weighted by Gasteiger charge is 2.06. The molecule has 0 aliphatic heterocycles. The summed E-state index contributed by atoms with van der Waals surface area (Å²) in [5.74, 6) is 0. The fourth-order valence-electron chi connectivity index (χ4n) is 0.682. The van der Waals surface area contributed by atoms with Crippen LogP contribution in [0.4, 0.5) is 4.79 Å². The van der Waals surface area contributed by atoms with E-state index in [1.165, 1.54) is 4.90 Å². The van der Waals surface area contributed by atoms with Crippen LogP contribution in [0.2, 0.25) is 0 Å². The molecule has 0 aliphatic rings. The molecule has 0 saturated carbocycles. The van der Waals surface area contributed by atoms with Crippen molar-refractivity contribution in [3.05, 3.63) is 0 Å². The SMILES string of the molecule is CCN(CCO)C(=O)NC. The van der Waals surface area contributed by atoms with Gasteiger partial charge in [0, 0.05) is 20.1 Å². The predicted octanol–water partition coefficient (Wildman–Crippen LogP) is -0.360. The summed E-state index contributed by atoms with van der Waals surface area (Å²) in [7, 11) is 1.57. The summed E-state index contributed by atoms with van der Waals surface area (Å²) >= 11 is 0. The van der Waals surface area contributed by atoms with Crippen LogP contribution in [0.25, 0.3) is 0 Å². The zero-order valence-corrected chi connectivity index (χ0v) is 6.42. The first-order valence-corrected chi connectivity index (χ1v) is 3.33. The minimum absolute atomic E-state index is 0.0151. The van der Waals surface area contributed by atoms with E-state index in [1.807, 2.05) is 6.92 Å². The van der Waals surface area contributed by atoms with Gasteiger partial charge in [0.25, 0.3) is 0 Å². The molecular formula is C6H14N2O2. The molecule has 60 valence electrons. The van der Waals surface area contributed by atoms with E-state index in [1.54, 1.807) is 7.05 Å². The van der Waals surface area contributed by atoms with Crippen LogP contribution in [0.3, 0.4) is 0 Å². The molecule has 4 heteroatoms. The third kappa shape index (κ3) is 2.68. The fraction of sp³-hybridized carbons (Fsp3) is 0.833. The van der Waals surface area contributed by atoms with Crippen molar-refractivity contribution in [1.29, 1.82) is 0 Å². The molecule has 2 amide bonds. The lowest BCUT2D eigenvalue weighted by Crippen LogP contribution is -2.39. The molecule has 0 aromatic rings. The van der Waals surface area contributed by atoms with Crippen LogP contribution >= 0.6 is 0 Å². The molecule has 0 atom stereocenters. The number of hydrogen-bond donors (Lipinski definition) is 2. The maximum atomic E-state index is 10.8. The Hall–Kier alpha value is -0.770. The lowest BCUT2D eigenvalue weighted by Gasteiger charge is -2.18. The van der Waals surface area contributed by atoms with E-state index >= 15 is 0 Å².